The van der Waals surface area contributed by atoms with Crippen LogP contribution in [0.25, 0.3) is 0 Å². The Kier molecular flexibility index (Phi) is 4.76. The summed E-state index contributed by atoms with van der Waals surface area (Å²) in [6, 6.07) is 10.4. The van der Waals surface area contributed by atoms with Gasteiger partial charge < -0.3 is 15.8 Å². The second kappa shape index (κ2) is 6.97. The van der Waals surface area contributed by atoms with E-state index in [1.807, 2.05) is 0 Å². The van der Waals surface area contributed by atoms with E-state index in [4.69, 9.17) is 10.5 Å². The van der Waals surface area contributed by atoms with Gasteiger partial charge in [-0.2, -0.15) is 0 Å². The van der Waals surface area contributed by atoms with Crippen LogP contribution in [0.1, 0.15) is 17.9 Å². The molecule has 2 atom stereocenters. The van der Waals surface area contributed by atoms with Crippen molar-refractivity contribution in [2.45, 2.75) is 12.3 Å². The van der Waals surface area contributed by atoms with Gasteiger partial charge in [-0.05, 0) is 48.2 Å². The van der Waals surface area contributed by atoms with Crippen molar-refractivity contribution in [3.63, 3.8) is 0 Å². The zero-order chi connectivity index (χ0) is 17.1. The Bertz CT molecular complexity index is 734. The smallest absolute Gasteiger partial charge is 0.228 e. The molecular weight excluding hydrogens is 314 g/mol. The van der Waals surface area contributed by atoms with Crippen LogP contribution in [-0.2, 0) is 4.79 Å². The maximum Gasteiger partial charge on any atom is 0.228 e. The molecule has 0 bridgehead atoms. The molecule has 126 valence electrons. The van der Waals surface area contributed by atoms with Gasteiger partial charge in [-0.25, -0.2) is 8.78 Å². The second-order valence-electron chi connectivity index (χ2n) is 5.77. The van der Waals surface area contributed by atoms with E-state index in [-0.39, 0.29) is 17.7 Å². The zero-order valence-electron chi connectivity index (χ0n) is 13.0. The van der Waals surface area contributed by atoms with Crippen molar-refractivity contribution in [1.82, 2.24) is 0 Å². The third kappa shape index (κ3) is 3.71. The molecule has 24 heavy (non-hydrogen) atoms. The summed E-state index contributed by atoms with van der Waals surface area (Å²) in [4.78, 5) is 12.2. The molecule has 2 aromatic carbocycles. The predicted octanol–water partition coefficient (Wildman–Crippen LogP) is 3.04. The predicted molar refractivity (Wildman–Crippen MR) is 86.8 cm³/mol. The highest BCUT2D eigenvalue weighted by atomic mass is 19.1. The molecule has 1 aliphatic rings. The molecule has 3 rings (SSSR count). The Hall–Kier alpha value is -2.47. The van der Waals surface area contributed by atoms with Gasteiger partial charge >= 0.3 is 0 Å². The van der Waals surface area contributed by atoms with Crippen molar-refractivity contribution in [2.75, 3.05) is 18.5 Å². The molecule has 1 amide bonds. The van der Waals surface area contributed by atoms with E-state index in [9.17, 15) is 13.6 Å². The van der Waals surface area contributed by atoms with Gasteiger partial charge in [0.05, 0.1) is 0 Å². The molecule has 6 heteroatoms. The Morgan fingerprint density at radius 2 is 1.96 bits per heavy atom. The maximum atomic E-state index is 13.8. The summed E-state index contributed by atoms with van der Waals surface area (Å²) in [6.45, 7) is 0.861. The standard InChI is InChI=1S/C18H18F2N2O2/c19-11-1-6-14(17(20)9-11)15-10-16(15)18(23)22-12-2-4-13(5-3-12)24-8-7-21/h1-6,9,15-16H,7-8,10,21H2,(H,22,23). The maximum absolute atomic E-state index is 13.8. The van der Waals surface area contributed by atoms with Gasteiger partial charge in [-0.15, -0.1) is 0 Å². The monoisotopic (exact) mass is 332 g/mol. The lowest BCUT2D eigenvalue weighted by atomic mass is 10.1. The van der Waals surface area contributed by atoms with E-state index in [2.05, 4.69) is 5.32 Å². The quantitative estimate of drug-likeness (QED) is 0.854. The molecular formula is C18H18F2N2O2. The number of anilines is 1. The molecule has 4 nitrogen and oxygen atoms in total. The Morgan fingerprint density at radius 1 is 1.21 bits per heavy atom. The minimum absolute atomic E-state index is 0.167. The van der Waals surface area contributed by atoms with Crippen LogP contribution in [0.5, 0.6) is 5.75 Å². The van der Waals surface area contributed by atoms with Gasteiger partial charge in [0.1, 0.15) is 24.0 Å². The zero-order valence-corrected chi connectivity index (χ0v) is 13.0. The molecule has 1 fully saturated rings. The van der Waals surface area contributed by atoms with Crippen LogP contribution in [0.15, 0.2) is 42.5 Å². The molecule has 0 spiro atoms. The van der Waals surface area contributed by atoms with Crippen LogP contribution < -0.4 is 15.8 Å². The third-order valence-corrected chi connectivity index (χ3v) is 4.00. The van der Waals surface area contributed by atoms with Crippen molar-refractivity contribution >= 4 is 11.6 Å². The first-order valence-electron chi connectivity index (χ1n) is 7.77. The largest absolute Gasteiger partial charge is 0.492 e. The fraction of sp³-hybridized carbons (Fsp3) is 0.278. The number of ether oxygens (including phenoxy) is 1. The van der Waals surface area contributed by atoms with E-state index >= 15 is 0 Å². The number of benzene rings is 2. The number of hydrogen-bond acceptors (Lipinski definition) is 3. The number of amides is 1. The van der Waals surface area contributed by atoms with Crippen molar-refractivity contribution in [1.29, 1.82) is 0 Å². The number of halogens is 2. The molecule has 0 saturated heterocycles. The van der Waals surface area contributed by atoms with Crippen molar-refractivity contribution in [3.8, 4) is 5.75 Å². The van der Waals surface area contributed by atoms with Crippen LogP contribution in [0, 0.1) is 17.6 Å². The van der Waals surface area contributed by atoms with Crippen molar-refractivity contribution in [3.05, 3.63) is 59.7 Å². The highest BCUT2D eigenvalue weighted by Crippen LogP contribution is 2.48. The SMILES string of the molecule is NCCOc1ccc(NC(=O)C2CC2c2ccc(F)cc2F)cc1. The van der Waals surface area contributed by atoms with Gasteiger partial charge in [0, 0.05) is 24.2 Å². The highest BCUT2D eigenvalue weighted by Gasteiger charge is 2.45. The van der Waals surface area contributed by atoms with Gasteiger partial charge in [0.2, 0.25) is 5.91 Å². The summed E-state index contributed by atoms with van der Waals surface area (Å²) in [5.74, 6) is -1.20. The summed E-state index contributed by atoms with van der Waals surface area (Å²) < 4.78 is 32.1. The highest BCUT2D eigenvalue weighted by molar-refractivity contribution is 5.95. The van der Waals surface area contributed by atoms with Crippen LogP contribution in [0.4, 0.5) is 14.5 Å². The Morgan fingerprint density at radius 3 is 2.62 bits per heavy atom. The van der Waals surface area contributed by atoms with Crippen LogP contribution in [-0.4, -0.2) is 19.1 Å². The Balaban J connectivity index is 1.58. The van der Waals surface area contributed by atoms with E-state index in [0.29, 0.717) is 36.6 Å². The number of rotatable bonds is 6. The second-order valence-corrected chi connectivity index (χ2v) is 5.77. The minimum atomic E-state index is -0.616. The minimum Gasteiger partial charge on any atom is -0.492 e. The summed E-state index contributed by atoms with van der Waals surface area (Å²) in [6.07, 6.45) is 0.562. The van der Waals surface area contributed by atoms with Crippen LogP contribution in [0.2, 0.25) is 0 Å². The molecule has 0 aliphatic heterocycles. The summed E-state index contributed by atoms with van der Waals surface area (Å²) >= 11 is 0. The Labute approximate surface area is 138 Å². The van der Waals surface area contributed by atoms with Crippen molar-refractivity contribution in [2.24, 2.45) is 11.7 Å². The van der Waals surface area contributed by atoms with E-state index in [0.717, 1.165) is 6.07 Å². The lowest BCUT2D eigenvalue weighted by Crippen LogP contribution is -2.15. The number of nitrogens with one attached hydrogen (secondary N) is 1. The summed E-state index contributed by atoms with van der Waals surface area (Å²) in [5, 5.41) is 2.80. The molecule has 1 aliphatic carbocycles. The van der Waals surface area contributed by atoms with Gasteiger partial charge in [-0.1, -0.05) is 6.07 Å². The molecule has 0 radical (unpaired) electrons. The van der Waals surface area contributed by atoms with Crippen molar-refractivity contribution < 1.29 is 18.3 Å². The van der Waals surface area contributed by atoms with Crippen LogP contribution >= 0.6 is 0 Å². The summed E-state index contributed by atoms with van der Waals surface area (Å²) in [5.41, 5.74) is 6.40. The van der Waals surface area contributed by atoms with E-state index < -0.39 is 11.6 Å². The number of carbonyl (C=O) groups excluding carboxylic acids is 1. The number of nitrogens with two attached hydrogens (primary N) is 1. The number of hydrogen-bond donors (Lipinski definition) is 2. The molecule has 3 N–H and O–H groups in total. The van der Waals surface area contributed by atoms with Crippen LogP contribution in [0.3, 0.4) is 0 Å². The molecule has 0 aromatic heterocycles. The average Bonchev–Trinajstić information content (AvgIpc) is 3.35. The van der Waals surface area contributed by atoms with E-state index in [1.54, 1.807) is 24.3 Å². The fourth-order valence-electron chi connectivity index (χ4n) is 2.68. The molecule has 2 unspecified atom stereocenters. The van der Waals surface area contributed by atoms with Gasteiger partial charge in [0.25, 0.3) is 0 Å². The third-order valence-electron chi connectivity index (χ3n) is 4.00. The fourth-order valence-corrected chi connectivity index (χ4v) is 2.68. The van der Waals surface area contributed by atoms with Gasteiger partial charge in [0.15, 0.2) is 0 Å². The first-order valence-corrected chi connectivity index (χ1v) is 7.77. The topological polar surface area (TPSA) is 64.3 Å². The average molecular weight is 332 g/mol. The van der Waals surface area contributed by atoms with E-state index in [1.165, 1.54) is 12.1 Å². The normalized spacial score (nSPS) is 19.0. The lowest BCUT2D eigenvalue weighted by molar-refractivity contribution is -0.117. The molecule has 1 saturated carbocycles. The molecule has 0 heterocycles. The first kappa shape index (κ1) is 16.4. The first-order chi connectivity index (χ1) is 11.6. The van der Waals surface area contributed by atoms with Gasteiger partial charge in [-0.3, -0.25) is 4.79 Å². The lowest BCUT2D eigenvalue weighted by Gasteiger charge is -2.08. The summed E-state index contributed by atoms with van der Waals surface area (Å²) in [7, 11) is 0. The molecule has 2 aromatic rings. The number of carbonyl (C=O) groups is 1.